The van der Waals surface area contributed by atoms with Crippen molar-refractivity contribution in [2.45, 2.75) is 26.2 Å². The molecule has 17 heavy (non-hydrogen) atoms. The van der Waals surface area contributed by atoms with Crippen LogP contribution in [-0.2, 0) is 9.53 Å². The third-order valence-corrected chi connectivity index (χ3v) is 2.85. The van der Waals surface area contributed by atoms with Gasteiger partial charge in [-0.05, 0) is 31.0 Å². The van der Waals surface area contributed by atoms with Crippen LogP contribution in [0.15, 0.2) is 18.2 Å². The van der Waals surface area contributed by atoms with E-state index in [2.05, 4.69) is 0 Å². The average molecular weight is 257 g/mol. The smallest absolute Gasteiger partial charge is 0.313 e. The third-order valence-electron chi connectivity index (χ3n) is 2.55. The molecule has 0 radical (unpaired) electrons. The van der Waals surface area contributed by atoms with Gasteiger partial charge in [-0.25, -0.2) is 0 Å². The molecule has 4 heteroatoms. The van der Waals surface area contributed by atoms with Crippen LogP contribution in [0.3, 0.4) is 0 Å². The van der Waals surface area contributed by atoms with E-state index in [4.69, 9.17) is 21.1 Å². The molecule has 1 unspecified atom stereocenters. The average Bonchev–Trinajstić information content (AvgIpc) is 2.33. The van der Waals surface area contributed by atoms with E-state index in [1.165, 1.54) is 7.11 Å². The molecule has 0 amide bonds. The lowest BCUT2D eigenvalue weighted by atomic mass is 9.96. The van der Waals surface area contributed by atoms with E-state index in [1.807, 2.05) is 19.9 Å². The van der Waals surface area contributed by atoms with Crippen LogP contribution in [0.4, 0.5) is 0 Å². The van der Waals surface area contributed by atoms with Crippen LogP contribution in [0.5, 0.6) is 5.75 Å². The number of carbonyl (C=O) groups excluding carboxylic acids is 1. The summed E-state index contributed by atoms with van der Waals surface area (Å²) >= 11 is 6.08. The normalized spacial score (nSPS) is 12.0. The molecule has 0 N–H and O–H groups in total. The minimum Gasteiger partial charge on any atom is -0.492 e. The van der Waals surface area contributed by atoms with E-state index >= 15 is 0 Å². The van der Waals surface area contributed by atoms with Crippen LogP contribution in [0.2, 0.25) is 5.02 Å². The second kappa shape index (κ2) is 6.50. The molecule has 1 rings (SSSR count). The minimum absolute atomic E-state index is 0.243. The quantitative estimate of drug-likeness (QED) is 0.758. The van der Waals surface area contributed by atoms with Crippen molar-refractivity contribution in [1.82, 2.24) is 0 Å². The Morgan fingerprint density at radius 3 is 2.59 bits per heavy atom. The molecular weight excluding hydrogens is 240 g/mol. The van der Waals surface area contributed by atoms with Gasteiger partial charge in [-0.1, -0.05) is 24.6 Å². The van der Waals surface area contributed by atoms with Gasteiger partial charge in [-0.15, -0.1) is 0 Å². The first kappa shape index (κ1) is 13.8. The highest BCUT2D eigenvalue weighted by Crippen LogP contribution is 2.30. The van der Waals surface area contributed by atoms with Crippen LogP contribution >= 0.6 is 11.6 Å². The molecule has 0 fully saturated rings. The first-order valence-electron chi connectivity index (χ1n) is 5.64. The number of carbonyl (C=O) groups is 1. The van der Waals surface area contributed by atoms with E-state index < -0.39 is 0 Å². The lowest BCUT2D eigenvalue weighted by molar-refractivity contribution is -0.142. The summed E-state index contributed by atoms with van der Waals surface area (Å²) < 4.78 is 10.1. The first-order valence-corrected chi connectivity index (χ1v) is 6.01. The Bertz CT molecular complexity index is 390. The second-order valence-corrected chi connectivity index (χ2v) is 4.01. The number of benzene rings is 1. The van der Waals surface area contributed by atoms with Gasteiger partial charge in [0.05, 0.1) is 24.7 Å². The van der Waals surface area contributed by atoms with E-state index in [9.17, 15) is 4.79 Å². The minimum atomic E-state index is -0.270. The predicted octanol–water partition coefficient (Wildman–Crippen LogP) is 3.41. The number of ether oxygens (including phenoxy) is 2. The van der Waals surface area contributed by atoms with E-state index in [1.54, 1.807) is 12.1 Å². The zero-order chi connectivity index (χ0) is 12.8. The fraction of sp³-hybridized carbons (Fsp3) is 0.462. The fourth-order valence-corrected chi connectivity index (χ4v) is 1.93. The molecule has 0 bridgehead atoms. The number of halogens is 1. The Labute approximate surface area is 107 Å². The lowest BCUT2D eigenvalue weighted by Gasteiger charge is -2.14. The van der Waals surface area contributed by atoms with Gasteiger partial charge in [0.15, 0.2) is 0 Å². The van der Waals surface area contributed by atoms with Crippen molar-refractivity contribution in [3.8, 4) is 5.75 Å². The van der Waals surface area contributed by atoms with Crippen LogP contribution in [-0.4, -0.2) is 19.7 Å². The molecule has 1 aromatic carbocycles. The highest BCUT2D eigenvalue weighted by atomic mass is 35.5. The van der Waals surface area contributed by atoms with Gasteiger partial charge in [0.2, 0.25) is 0 Å². The summed E-state index contributed by atoms with van der Waals surface area (Å²) in [4.78, 5) is 11.6. The Balaban J connectivity index is 2.98. The second-order valence-electron chi connectivity index (χ2n) is 3.61. The van der Waals surface area contributed by atoms with Crippen molar-refractivity contribution in [3.05, 3.63) is 28.8 Å². The van der Waals surface area contributed by atoms with Crippen molar-refractivity contribution < 1.29 is 14.3 Å². The summed E-state index contributed by atoms with van der Waals surface area (Å²) in [6.07, 6.45) is 0.678. The third kappa shape index (κ3) is 3.37. The van der Waals surface area contributed by atoms with Crippen LogP contribution < -0.4 is 4.74 Å². The molecule has 94 valence electrons. The van der Waals surface area contributed by atoms with Gasteiger partial charge < -0.3 is 9.47 Å². The maximum atomic E-state index is 11.6. The predicted molar refractivity (Wildman–Crippen MR) is 67.7 cm³/mol. The summed E-state index contributed by atoms with van der Waals surface area (Å²) in [5.74, 6) is 0.124. The molecule has 1 aromatic rings. The van der Waals surface area contributed by atoms with Crippen LogP contribution in [0, 0.1) is 0 Å². The molecular formula is C13H17ClO3. The zero-order valence-electron chi connectivity index (χ0n) is 10.3. The van der Waals surface area contributed by atoms with E-state index in [0.29, 0.717) is 23.8 Å². The summed E-state index contributed by atoms with van der Waals surface area (Å²) in [6.45, 7) is 4.40. The summed E-state index contributed by atoms with van der Waals surface area (Å²) in [5, 5.41) is 0.520. The van der Waals surface area contributed by atoms with Crippen LogP contribution in [0.1, 0.15) is 31.7 Å². The Kier molecular flexibility index (Phi) is 5.29. The molecule has 0 aliphatic heterocycles. The Hall–Kier alpha value is -1.22. The lowest BCUT2D eigenvalue weighted by Crippen LogP contribution is -2.13. The van der Waals surface area contributed by atoms with E-state index in [-0.39, 0.29) is 11.9 Å². The number of rotatable bonds is 5. The molecule has 0 heterocycles. The zero-order valence-corrected chi connectivity index (χ0v) is 11.1. The van der Waals surface area contributed by atoms with Gasteiger partial charge in [-0.3, -0.25) is 4.79 Å². The molecule has 0 aliphatic carbocycles. The maximum Gasteiger partial charge on any atom is 0.313 e. The van der Waals surface area contributed by atoms with Crippen molar-refractivity contribution in [2.75, 3.05) is 13.7 Å². The molecule has 0 spiro atoms. The summed E-state index contributed by atoms with van der Waals surface area (Å²) in [7, 11) is 1.39. The molecule has 0 aromatic heterocycles. The molecule has 0 saturated heterocycles. The van der Waals surface area contributed by atoms with E-state index in [0.717, 1.165) is 5.56 Å². The maximum absolute atomic E-state index is 11.6. The molecule has 0 saturated carbocycles. The number of esters is 1. The van der Waals surface area contributed by atoms with Gasteiger partial charge in [0.1, 0.15) is 5.75 Å². The monoisotopic (exact) mass is 256 g/mol. The number of methoxy groups -OCH3 is 1. The number of hydrogen-bond donors (Lipinski definition) is 0. The highest BCUT2D eigenvalue weighted by molar-refractivity contribution is 6.32. The number of hydrogen-bond acceptors (Lipinski definition) is 3. The van der Waals surface area contributed by atoms with Crippen molar-refractivity contribution in [3.63, 3.8) is 0 Å². The summed E-state index contributed by atoms with van der Waals surface area (Å²) in [6, 6.07) is 5.40. The SMILES string of the molecule is CCOc1ccc(C(CC)C(=O)OC)cc1Cl. The largest absolute Gasteiger partial charge is 0.492 e. The van der Waals surface area contributed by atoms with Gasteiger partial charge in [-0.2, -0.15) is 0 Å². The Morgan fingerprint density at radius 2 is 2.12 bits per heavy atom. The first-order chi connectivity index (χ1) is 8.13. The highest BCUT2D eigenvalue weighted by Gasteiger charge is 2.20. The van der Waals surface area contributed by atoms with Gasteiger partial charge >= 0.3 is 5.97 Å². The summed E-state index contributed by atoms with van der Waals surface area (Å²) in [5.41, 5.74) is 0.854. The molecule has 3 nitrogen and oxygen atoms in total. The standard InChI is InChI=1S/C13H17ClO3/c1-4-10(13(15)16-3)9-6-7-12(17-5-2)11(14)8-9/h6-8,10H,4-5H2,1-3H3. The fourth-order valence-electron chi connectivity index (χ4n) is 1.69. The topological polar surface area (TPSA) is 35.5 Å². The van der Waals surface area contributed by atoms with Crippen molar-refractivity contribution >= 4 is 17.6 Å². The van der Waals surface area contributed by atoms with Gasteiger partial charge in [0, 0.05) is 0 Å². The van der Waals surface area contributed by atoms with Gasteiger partial charge in [0.25, 0.3) is 0 Å². The van der Waals surface area contributed by atoms with Crippen molar-refractivity contribution in [2.24, 2.45) is 0 Å². The molecule has 1 atom stereocenters. The Morgan fingerprint density at radius 1 is 1.41 bits per heavy atom. The van der Waals surface area contributed by atoms with Crippen molar-refractivity contribution in [1.29, 1.82) is 0 Å². The van der Waals surface area contributed by atoms with Crippen LogP contribution in [0.25, 0.3) is 0 Å². The molecule has 0 aliphatic rings.